The van der Waals surface area contributed by atoms with Gasteiger partial charge in [0.15, 0.2) is 0 Å². The van der Waals surface area contributed by atoms with Crippen molar-refractivity contribution >= 4 is 14.0 Å². The molecule has 0 saturated heterocycles. The molecule has 0 spiro atoms. The highest BCUT2D eigenvalue weighted by atomic mass is 28.4. The standard InChI is InChI=1S/C10H18O4Si/c1-4-12-15(13-5-2,14-6-3)10-7-8-11-9-10/h7-9H,4-6H2,1-3H3. The van der Waals surface area contributed by atoms with Crippen LogP contribution in [-0.2, 0) is 13.3 Å². The maximum absolute atomic E-state index is 5.69. The van der Waals surface area contributed by atoms with Gasteiger partial charge in [-0.1, -0.05) is 0 Å². The van der Waals surface area contributed by atoms with E-state index >= 15 is 0 Å². The summed E-state index contributed by atoms with van der Waals surface area (Å²) in [6.45, 7) is 7.49. The van der Waals surface area contributed by atoms with Crippen LogP contribution in [0.5, 0.6) is 0 Å². The van der Waals surface area contributed by atoms with Gasteiger partial charge in [-0.25, -0.2) is 0 Å². The predicted octanol–water partition coefficient (Wildman–Crippen LogP) is 1.53. The van der Waals surface area contributed by atoms with Gasteiger partial charge in [-0.3, -0.25) is 0 Å². The Kier molecular flexibility index (Phi) is 5.03. The Bertz CT molecular complexity index is 243. The first-order valence-electron chi connectivity index (χ1n) is 5.23. The molecule has 5 heteroatoms. The molecular weight excluding hydrogens is 212 g/mol. The monoisotopic (exact) mass is 230 g/mol. The van der Waals surface area contributed by atoms with Crippen LogP contribution in [0, 0.1) is 0 Å². The van der Waals surface area contributed by atoms with Crippen LogP contribution in [0.25, 0.3) is 0 Å². The molecule has 1 rings (SSSR count). The zero-order valence-electron chi connectivity index (χ0n) is 9.49. The molecule has 0 aromatic carbocycles. The van der Waals surface area contributed by atoms with E-state index in [9.17, 15) is 0 Å². The first-order valence-corrected chi connectivity index (χ1v) is 6.96. The summed E-state index contributed by atoms with van der Waals surface area (Å²) >= 11 is 0. The summed E-state index contributed by atoms with van der Waals surface area (Å²) in [5.41, 5.74) is 0. The molecule has 1 aromatic heterocycles. The van der Waals surface area contributed by atoms with Gasteiger partial charge in [-0.15, -0.1) is 0 Å². The van der Waals surface area contributed by atoms with Crippen molar-refractivity contribution in [3.63, 3.8) is 0 Å². The first-order chi connectivity index (χ1) is 7.29. The van der Waals surface area contributed by atoms with Crippen molar-refractivity contribution in [1.29, 1.82) is 0 Å². The third kappa shape index (κ3) is 2.91. The van der Waals surface area contributed by atoms with Gasteiger partial charge in [0.2, 0.25) is 0 Å². The van der Waals surface area contributed by atoms with Crippen LogP contribution in [0.3, 0.4) is 0 Å². The molecule has 0 aliphatic rings. The molecular formula is C10H18O4Si. The van der Waals surface area contributed by atoms with Crippen molar-refractivity contribution in [2.75, 3.05) is 19.8 Å². The average Bonchev–Trinajstić information content (AvgIpc) is 2.72. The molecule has 0 aliphatic carbocycles. The third-order valence-electron chi connectivity index (χ3n) is 1.88. The Morgan fingerprint density at radius 3 is 1.93 bits per heavy atom. The molecule has 86 valence electrons. The van der Waals surface area contributed by atoms with Crippen LogP contribution < -0.4 is 5.19 Å². The van der Waals surface area contributed by atoms with Gasteiger partial charge in [0.05, 0.1) is 17.7 Å². The van der Waals surface area contributed by atoms with Crippen molar-refractivity contribution in [2.45, 2.75) is 20.8 Å². The minimum Gasteiger partial charge on any atom is -0.472 e. The van der Waals surface area contributed by atoms with Crippen LogP contribution in [0.15, 0.2) is 23.0 Å². The molecule has 0 amide bonds. The highest BCUT2D eigenvalue weighted by Gasteiger charge is 2.44. The van der Waals surface area contributed by atoms with E-state index in [1.165, 1.54) is 0 Å². The molecule has 1 heterocycles. The van der Waals surface area contributed by atoms with Crippen LogP contribution in [-0.4, -0.2) is 28.6 Å². The largest absolute Gasteiger partial charge is 0.540 e. The maximum atomic E-state index is 5.69. The van der Waals surface area contributed by atoms with E-state index in [1.807, 2.05) is 26.8 Å². The molecule has 0 atom stereocenters. The second-order valence-corrected chi connectivity index (χ2v) is 5.42. The van der Waals surface area contributed by atoms with E-state index in [-0.39, 0.29) is 0 Å². The highest BCUT2D eigenvalue weighted by molar-refractivity contribution is 6.75. The van der Waals surface area contributed by atoms with Gasteiger partial charge in [0, 0.05) is 19.8 Å². The van der Waals surface area contributed by atoms with Gasteiger partial charge in [-0.05, 0) is 26.8 Å². The molecule has 0 fully saturated rings. The second-order valence-electron chi connectivity index (χ2n) is 2.87. The van der Waals surface area contributed by atoms with Gasteiger partial charge < -0.3 is 17.7 Å². The van der Waals surface area contributed by atoms with Crippen LogP contribution >= 0.6 is 0 Å². The fourth-order valence-electron chi connectivity index (χ4n) is 1.38. The second kappa shape index (κ2) is 6.07. The summed E-state index contributed by atoms with van der Waals surface area (Å²) in [6, 6.07) is 1.84. The van der Waals surface area contributed by atoms with Crippen molar-refractivity contribution in [2.24, 2.45) is 0 Å². The summed E-state index contributed by atoms with van der Waals surface area (Å²) in [7, 11) is -2.71. The molecule has 1 aromatic rings. The fourth-order valence-corrected chi connectivity index (χ4v) is 3.76. The lowest BCUT2D eigenvalue weighted by atomic mass is 10.7. The maximum Gasteiger partial charge on any atom is 0.540 e. The van der Waals surface area contributed by atoms with Crippen LogP contribution in [0.1, 0.15) is 20.8 Å². The molecule has 15 heavy (non-hydrogen) atoms. The van der Waals surface area contributed by atoms with E-state index in [2.05, 4.69) is 0 Å². The molecule has 0 N–H and O–H groups in total. The van der Waals surface area contributed by atoms with Crippen molar-refractivity contribution in [3.05, 3.63) is 18.6 Å². The Balaban J connectivity index is 2.90. The van der Waals surface area contributed by atoms with E-state index in [0.29, 0.717) is 19.8 Å². The minimum absolute atomic E-state index is 0.567. The first kappa shape index (κ1) is 12.4. The van der Waals surface area contributed by atoms with Crippen molar-refractivity contribution in [3.8, 4) is 0 Å². The molecule has 0 radical (unpaired) electrons. The predicted molar refractivity (Wildman–Crippen MR) is 59.0 cm³/mol. The Morgan fingerprint density at radius 2 is 1.60 bits per heavy atom. The number of furan rings is 1. The van der Waals surface area contributed by atoms with E-state index in [1.54, 1.807) is 12.5 Å². The SMILES string of the molecule is CCO[Si](OCC)(OCC)c1ccoc1. The number of rotatable bonds is 7. The van der Waals surface area contributed by atoms with E-state index < -0.39 is 8.80 Å². The molecule has 4 nitrogen and oxygen atoms in total. The lowest BCUT2D eigenvalue weighted by Crippen LogP contribution is -2.56. The Hall–Kier alpha value is -0.623. The summed E-state index contributed by atoms with van der Waals surface area (Å²) in [6.07, 6.45) is 3.24. The van der Waals surface area contributed by atoms with Gasteiger partial charge in [-0.2, -0.15) is 0 Å². The van der Waals surface area contributed by atoms with E-state index in [0.717, 1.165) is 5.19 Å². The zero-order chi connectivity index (χ0) is 11.1. The minimum atomic E-state index is -2.71. The lowest BCUT2D eigenvalue weighted by molar-refractivity contribution is 0.0858. The molecule has 0 saturated carbocycles. The molecule has 0 bridgehead atoms. The quantitative estimate of drug-likeness (QED) is 0.666. The highest BCUT2D eigenvalue weighted by Crippen LogP contribution is 2.10. The van der Waals surface area contributed by atoms with Gasteiger partial charge in [0.25, 0.3) is 0 Å². The Morgan fingerprint density at radius 1 is 1.07 bits per heavy atom. The molecule has 0 aliphatic heterocycles. The normalized spacial score (nSPS) is 11.9. The van der Waals surface area contributed by atoms with Crippen molar-refractivity contribution in [1.82, 2.24) is 0 Å². The van der Waals surface area contributed by atoms with E-state index in [4.69, 9.17) is 17.7 Å². The van der Waals surface area contributed by atoms with Gasteiger partial charge in [0.1, 0.15) is 0 Å². The Labute approximate surface area is 91.5 Å². The lowest BCUT2D eigenvalue weighted by Gasteiger charge is -2.26. The number of hydrogen-bond donors (Lipinski definition) is 0. The smallest absolute Gasteiger partial charge is 0.472 e. The summed E-state index contributed by atoms with van der Waals surface area (Å²) in [5.74, 6) is 0. The third-order valence-corrected chi connectivity index (χ3v) is 4.88. The van der Waals surface area contributed by atoms with Crippen LogP contribution in [0.4, 0.5) is 0 Å². The summed E-state index contributed by atoms with van der Waals surface area (Å²) < 4.78 is 22.1. The topological polar surface area (TPSA) is 40.8 Å². The van der Waals surface area contributed by atoms with Crippen molar-refractivity contribution < 1.29 is 17.7 Å². The van der Waals surface area contributed by atoms with Gasteiger partial charge >= 0.3 is 8.80 Å². The zero-order valence-corrected chi connectivity index (χ0v) is 10.5. The summed E-state index contributed by atoms with van der Waals surface area (Å²) in [5, 5.41) is 0.882. The molecule has 0 unspecified atom stereocenters. The fraction of sp³-hybridized carbons (Fsp3) is 0.600. The van der Waals surface area contributed by atoms with Crippen LogP contribution in [0.2, 0.25) is 0 Å². The summed E-state index contributed by atoms with van der Waals surface area (Å²) in [4.78, 5) is 0. The average molecular weight is 230 g/mol. The number of hydrogen-bond acceptors (Lipinski definition) is 4.